The Hall–Kier alpha value is -1.85. The first kappa shape index (κ1) is 15.1. The monoisotopic (exact) mass is 316 g/mol. The highest BCUT2D eigenvalue weighted by molar-refractivity contribution is 7.07. The second kappa shape index (κ2) is 7.42. The summed E-state index contributed by atoms with van der Waals surface area (Å²) in [5.41, 5.74) is 2.40. The van der Waals surface area contributed by atoms with Crippen LogP contribution in [0, 0.1) is 0 Å². The fraction of sp³-hybridized carbons (Fsp3) is 0.353. The molecule has 116 valence electrons. The second-order valence-electron chi connectivity index (χ2n) is 5.33. The van der Waals surface area contributed by atoms with E-state index < -0.39 is 0 Å². The minimum Gasteiger partial charge on any atom is -0.370 e. The minimum absolute atomic E-state index is 0.000499. The molecule has 3 rings (SSSR count). The van der Waals surface area contributed by atoms with Crippen LogP contribution in [0.3, 0.4) is 0 Å². The van der Waals surface area contributed by atoms with E-state index in [4.69, 9.17) is 4.74 Å². The van der Waals surface area contributed by atoms with Gasteiger partial charge in [-0.15, -0.1) is 0 Å². The molecule has 22 heavy (non-hydrogen) atoms. The van der Waals surface area contributed by atoms with Crippen molar-refractivity contribution < 1.29 is 9.53 Å². The van der Waals surface area contributed by atoms with Crippen LogP contribution in [0.1, 0.15) is 17.2 Å². The Morgan fingerprint density at radius 2 is 2.18 bits per heavy atom. The van der Waals surface area contributed by atoms with Crippen molar-refractivity contribution in [3.05, 3.63) is 58.3 Å². The smallest absolute Gasteiger partial charge is 0.317 e. The number of benzene rings is 1. The zero-order valence-electron chi connectivity index (χ0n) is 12.4. The zero-order chi connectivity index (χ0) is 15.2. The van der Waals surface area contributed by atoms with Crippen LogP contribution in [0.2, 0.25) is 0 Å². The van der Waals surface area contributed by atoms with Gasteiger partial charge in [0, 0.05) is 13.1 Å². The van der Waals surface area contributed by atoms with Gasteiger partial charge in [-0.05, 0) is 34.4 Å². The number of rotatable bonds is 4. The first-order valence-corrected chi connectivity index (χ1v) is 8.47. The van der Waals surface area contributed by atoms with Crippen molar-refractivity contribution in [3.63, 3.8) is 0 Å². The Labute approximate surface area is 134 Å². The summed E-state index contributed by atoms with van der Waals surface area (Å²) >= 11 is 1.68. The van der Waals surface area contributed by atoms with Gasteiger partial charge in [-0.1, -0.05) is 30.3 Å². The highest BCUT2D eigenvalue weighted by Crippen LogP contribution is 2.21. The molecule has 1 N–H and O–H groups in total. The lowest BCUT2D eigenvalue weighted by Gasteiger charge is -2.33. The fourth-order valence-corrected chi connectivity index (χ4v) is 3.27. The van der Waals surface area contributed by atoms with E-state index >= 15 is 0 Å². The van der Waals surface area contributed by atoms with Gasteiger partial charge in [0.2, 0.25) is 0 Å². The Balaban J connectivity index is 1.49. The van der Waals surface area contributed by atoms with Gasteiger partial charge in [0.05, 0.1) is 13.2 Å². The highest BCUT2D eigenvalue weighted by Gasteiger charge is 2.24. The van der Waals surface area contributed by atoms with Gasteiger partial charge in [0.25, 0.3) is 0 Å². The predicted molar refractivity (Wildman–Crippen MR) is 88.1 cm³/mol. The molecule has 2 amide bonds. The third-order valence-electron chi connectivity index (χ3n) is 3.80. The molecule has 1 aromatic heterocycles. The van der Waals surface area contributed by atoms with Gasteiger partial charge >= 0.3 is 6.03 Å². The maximum Gasteiger partial charge on any atom is 0.317 e. The molecule has 0 aliphatic carbocycles. The summed E-state index contributed by atoms with van der Waals surface area (Å²) in [6.45, 7) is 2.50. The van der Waals surface area contributed by atoms with Gasteiger partial charge < -0.3 is 15.0 Å². The third kappa shape index (κ3) is 3.87. The lowest BCUT2D eigenvalue weighted by molar-refractivity contribution is -0.0153. The van der Waals surface area contributed by atoms with E-state index in [-0.39, 0.29) is 12.1 Å². The van der Waals surface area contributed by atoms with Crippen molar-refractivity contribution in [1.29, 1.82) is 0 Å². The summed E-state index contributed by atoms with van der Waals surface area (Å²) in [5.74, 6) is 0. The summed E-state index contributed by atoms with van der Waals surface area (Å²) in [6, 6.07) is 12.2. The van der Waals surface area contributed by atoms with Gasteiger partial charge in [0.15, 0.2) is 0 Å². The molecule has 2 aromatic rings. The number of urea groups is 1. The first-order chi connectivity index (χ1) is 10.8. The van der Waals surface area contributed by atoms with Crippen LogP contribution in [-0.4, -0.2) is 37.2 Å². The minimum atomic E-state index is -0.0300. The van der Waals surface area contributed by atoms with Crippen molar-refractivity contribution in [1.82, 2.24) is 10.2 Å². The van der Waals surface area contributed by atoms with E-state index in [0.29, 0.717) is 26.2 Å². The number of hydrogen-bond donors (Lipinski definition) is 1. The Bertz CT molecular complexity index is 586. The average Bonchev–Trinajstić information content (AvgIpc) is 3.09. The third-order valence-corrected chi connectivity index (χ3v) is 4.53. The van der Waals surface area contributed by atoms with Crippen molar-refractivity contribution in [3.8, 4) is 0 Å². The number of ether oxygens (including phenoxy) is 1. The molecule has 1 fully saturated rings. The number of carbonyl (C=O) groups is 1. The van der Waals surface area contributed by atoms with Gasteiger partial charge in [-0.2, -0.15) is 11.3 Å². The number of thiophene rings is 1. The van der Waals surface area contributed by atoms with E-state index in [0.717, 1.165) is 12.0 Å². The normalized spacial score (nSPS) is 18.2. The first-order valence-electron chi connectivity index (χ1n) is 7.53. The Morgan fingerprint density at radius 3 is 2.95 bits per heavy atom. The predicted octanol–water partition coefficient (Wildman–Crippen LogP) is 3.07. The maximum atomic E-state index is 12.3. The molecule has 1 atom stereocenters. The molecule has 5 heteroatoms. The van der Waals surface area contributed by atoms with Crippen molar-refractivity contribution in [2.24, 2.45) is 0 Å². The zero-order valence-corrected chi connectivity index (χ0v) is 13.2. The molecule has 1 aliphatic heterocycles. The number of morpholine rings is 1. The summed E-state index contributed by atoms with van der Waals surface area (Å²) in [7, 11) is 0. The van der Waals surface area contributed by atoms with Crippen LogP contribution in [0.25, 0.3) is 0 Å². The van der Waals surface area contributed by atoms with E-state index in [9.17, 15) is 4.79 Å². The molecule has 0 saturated carbocycles. The van der Waals surface area contributed by atoms with Crippen molar-refractivity contribution in [2.45, 2.75) is 12.5 Å². The maximum absolute atomic E-state index is 12.3. The topological polar surface area (TPSA) is 41.6 Å². The molecule has 0 bridgehead atoms. The van der Waals surface area contributed by atoms with Crippen LogP contribution in [0.4, 0.5) is 4.79 Å². The van der Waals surface area contributed by atoms with Crippen LogP contribution in [-0.2, 0) is 11.2 Å². The number of amides is 2. The molecule has 2 heterocycles. The molecule has 4 nitrogen and oxygen atoms in total. The number of carbonyl (C=O) groups excluding carboxylic acids is 1. The van der Waals surface area contributed by atoms with Crippen LogP contribution >= 0.6 is 11.3 Å². The van der Waals surface area contributed by atoms with Gasteiger partial charge in [-0.25, -0.2) is 4.79 Å². The van der Waals surface area contributed by atoms with Crippen LogP contribution in [0.15, 0.2) is 47.2 Å². The quantitative estimate of drug-likeness (QED) is 0.942. The molecule has 0 radical (unpaired) electrons. The second-order valence-corrected chi connectivity index (χ2v) is 6.11. The average molecular weight is 316 g/mol. The summed E-state index contributed by atoms with van der Waals surface area (Å²) in [4.78, 5) is 14.1. The molecule has 0 unspecified atom stereocenters. The molecule has 1 saturated heterocycles. The van der Waals surface area contributed by atoms with Gasteiger partial charge in [-0.3, -0.25) is 0 Å². The number of hydrogen-bond acceptors (Lipinski definition) is 3. The lowest BCUT2D eigenvalue weighted by Crippen LogP contribution is -2.47. The lowest BCUT2D eigenvalue weighted by atomic mass is 10.1. The molecular formula is C17H20N2O2S. The van der Waals surface area contributed by atoms with Crippen LogP contribution < -0.4 is 5.32 Å². The molecule has 1 aromatic carbocycles. The Morgan fingerprint density at radius 1 is 1.32 bits per heavy atom. The SMILES string of the molecule is O=C(NCCc1ccsc1)N1CCO[C@H](c2ccccc2)C1. The summed E-state index contributed by atoms with van der Waals surface area (Å²) < 4.78 is 5.79. The summed E-state index contributed by atoms with van der Waals surface area (Å²) in [5, 5.41) is 7.18. The summed E-state index contributed by atoms with van der Waals surface area (Å²) in [6.07, 6.45) is 0.847. The van der Waals surface area contributed by atoms with Crippen molar-refractivity contribution in [2.75, 3.05) is 26.2 Å². The van der Waals surface area contributed by atoms with E-state index in [1.165, 1.54) is 5.56 Å². The number of nitrogens with zero attached hydrogens (tertiary/aromatic N) is 1. The standard InChI is InChI=1S/C17H20N2O2S/c20-17(18-8-6-14-7-11-22-13-14)19-9-10-21-16(12-19)15-4-2-1-3-5-15/h1-5,7,11,13,16H,6,8-10,12H2,(H,18,20)/t16-/m0/s1. The Kier molecular flexibility index (Phi) is 5.08. The highest BCUT2D eigenvalue weighted by atomic mass is 32.1. The largest absolute Gasteiger partial charge is 0.370 e. The molecule has 1 aliphatic rings. The van der Waals surface area contributed by atoms with Crippen molar-refractivity contribution >= 4 is 17.4 Å². The van der Waals surface area contributed by atoms with E-state index in [1.54, 1.807) is 11.3 Å². The molecule has 0 spiro atoms. The van der Waals surface area contributed by atoms with E-state index in [1.807, 2.05) is 35.2 Å². The van der Waals surface area contributed by atoms with E-state index in [2.05, 4.69) is 22.1 Å². The van der Waals surface area contributed by atoms with Gasteiger partial charge in [0.1, 0.15) is 6.10 Å². The fourth-order valence-electron chi connectivity index (χ4n) is 2.56. The molecular weight excluding hydrogens is 296 g/mol. The number of nitrogens with one attached hydrogen (secondary N) is 1. The van der Waals surface area contributed by atoms with Crippen LogP contribution in [0.5, 0.6) is 0 Å².